The van der Waals surface area contributed by atoms with Gasteiger partial charge in [-0.1, -0.05) is 60.1 Å². The first kappa shape index (κ1) is 14.7. The summed E-state index contributed by atoms with van der Waals surface area (Å²) in [5, 5.41) is 5.26. The van der Waals surface area contributed by atoms with Crippen molar-refractivity contribution < 1.29 is 4.52 Å². The molecule has 1 fully saturated rings. The summed E-state index contributed by atoms with van der Waals surface area (Å²) in [4.78, 5) is 0. The Balaban J connectivity index is 1.89. The lowest BCUT2D eigenvalue weighted by atomic mass is 9.97. The molecule has 0 aliphatic heterocycles. The topological polar surface area (TPSA) is 52.0 Å². The van der Waals surface area contributed by atoms with Crippen molar-refractivity contribution in [2.24, 2.45) is 5.92 Å². The zero-order chi connectivity index (χ0) is 14.8. The third-order valence-electron chi connectivity index (χ3n) is 4.27. The van der Waals surface area contributed by atoms with Crippen LogP contribution in [0.15, 0.2) is 22.7 Å². The molecule has 0 unspecified atom stereocenters. The van der Waals surface area contributed by atoms with Gasteiger partial charge >= 0.3 is 0 Å². The van der Waals surface area contributed by atoms with Gasteiger partial charge in [-0.15, -0.1) is 0 Å². The van der Waals surface area contributed by atoms with Crippen molar-refractivity contribution in [2.75, 3.05) is 5.73 Å². The van der Waals surface area contributed by atoms with Crippen LogP contribution in [0.25, 0.3) is 11.1 Å². The van der Waals surface area contributed by atoms with Crippen molar-refractivity contribution >= 4 is 29.1 Å². The summed E-state index contributed by atoms with van der Waals surface area (Å²) < 4.78 is 5.19. The molecule has 21 heavy (non-hydrogen) atoms. The van der Waals surface area contributed by atoms with Crippen LogP contribution in [0.5, 0.6) is 0 Å². The first-order valence-electron chi connectivity index (χ1n) is 7.35. The van der Waals surface area contributed by atoms with Gasteiger partial charge in [-0.25, -0.2) is 0 Å². The first-order chi connectivity index (χ1) is 10.2. The van der Waals surface area contributed by atoms with Crippen molar-refractivity contribution in [3.8, 4) is 11.1 Å². The van der Waals surface area contributed by atoms with Crippen molar-refractivity contribution in [3.63, 3.8) is 0 Å². The predicted octanol–water partition coefficient (Wildman–Crippen LogP) is 5.35. The van der Waals surface area contributed by atoms with Crippen LogP contribution >= 0.6 is 23.2 Å². The minimum absolute atomic E-state index is 0.284. The second-order valence-electron chi connectivity index (χ2n) is 5.65. The van der Waals surface area contributed by atoms with Gasteiger partial charge in [-0.3, -0.25) is 0 Å². The van der Waals surface area contributed by atoms with E-state index < -0.39 is 0 Å². The monoisotopic (exact) mass is 324 g/mol. The quantitative estimate of drug-likeness (QED) is 0.824. The third kappa shape index (κ3) is 3.04. The van der Waals surface area contributed by atoms with E-state index in [4.69, 9.17) is 33.5 Å². The molecule has 1 saturated carbocycles. The standard InChI is InChI=1S/C16H18Cl2N2O/c17-11-6-3-7-12(18)14(11)15-13(20-21-16(15)19)9-8-10-4-1-2-5-10/h3,6-7,10H,1-2,4-5,8-9,19H2. The highest BCUT2D eigenvalue weighted by Gasteiger charge is 2.22. The number of aryl methyl sites for hydroxylation is 1. The van der Waals surface area contributed by atoms with Crippen molar-refractivity contribution in [1.82, 2.24) is 5.16 Å². The fourth-order valence-corrected chi connectivity index (χ4v) is 3.74. The van der Waals surface area contributed by atoms with E-state index in [0.29, 0.717) is 10.0 Å². The number of benzene rings is 1. The fourth-order valence-electron chi connectivity index (χ4n) is 3.15. The SMILES string of the molecule is Nc1onc(CCC2CCCC2)c1-c1c(Cl)cccc1Cl. The number of hydrogen-bond donors (Lipinski definition) is 1. The van der Waals surface area contributed by atoms with Gasteiger partial charge in [0.1, 0.15) is 0 Å². The maximum absolute atomic E-state index is 6.28. The smallest absolute Gasteiger partial charge is 0.230 e. The average molecular weight is 325 g/mol. The molecule has 112 valence electrons. The summed E-state index contributed by atoms with van der Waals surface area (Å²) in [6, 6.07) is 5.42. The van der Waals surface area contributed by atoms with E-state index >= 15 is 0 Å². The van der Waals surface area contributed by atoms with E-state index in [1.165, 1.54) is 25.7 Å². The third-order valence-corrected chi connectivity index (χ3v) is 4.90. The Morgan fingerprint density at radius 3 is 2.48 bits per heavy atom. The molecule has 1 heterocycles. The van der Waals surface area contributed by atoms with Gasteiger partial charge in [-0.2, -0.15) is 0 Å². The molecule has 0 atom stereocenters. The predicted molar refractivity (Wildman–Crippen MR) is 86.7 cm³/mol. The van der Waals surface area contributed by atoms with Crippen molar-refractivity contribution in [2.45, 2.75) is 38.5 Å². The lowest BCUT2D eigenvalue weighted by Gasteiger charge is -2.09. The van der Waals surface area contributed by atoms with Crippen LogP contribution in [0.1, 0.15) is 37.8 Å². The summed E-state index contributed by atoms with van der Waals surface area (Å²) in [6.07, 6.45) is 7.28. The van der Waals surface area contributed by atoms with Crippen molar-refractivity contribution in [1.29, 1.82) is 0 Å². The molecule has 0 radical (unpaired) electrons. The first-order valence-corrected chi connectivity index (χ1v) is 8.11. The molecule has 3 nitrogen and oxygen atoms in total. The highest BCUT2D eigenvalue weighted by atomic mass is 35.5. The normalized spacial score (nSPS) is 15.7. The Kier molecular flexibility index (Phi) is 4.41. The number of nitrogens with two attached hydrogens (primary N) is 1. The second kappa shape index (κ2) is 6.29. The minimum Gasteiger partial charge on any atom is -0.367 e. The van der Waals surface area contributed by atoms with E-state index in [1.54, 1.807) is 12.1 Å². The Morgan fingerprint density at radius 1 is 1.14 bits per heavy atom. The molecule has 0 amide bonds. The minimum atomic E-state index is 0.284. The maximum Gasteiger partial charge on any atom is 0.230 e. The van der Waals surface area contributed by atoms with Crippen LogP contribution in [0.3, 0.4) is 0 Å². The van der Waals surface area contributed by atoms with Crippen LogP contribution in [-0.2, 0) is 6.42 Å². The number of rotatable bonds is 4. The summed E-state index contributed by atoms with van der Waals surface area (Å²) in [5.41, 5.74) is 8.28. The molecule has 0 spiro atoms. The highest BCUT2D eigenvalue weighted by Crippen LogP contribution is 2.40. The zero-order valence-electron chi connectivity index (χ0n) is 11.7. The number of hydrogen-bond acceptors (Lipinski definition) is 3. The van der Waals surface area contributed by atoms with Crippen LogP contribution in [-0.4, -0.2) is 5.16 Å². The molecule has 1 aromatic heterocycles. The molecular formula is C16H18Cl2N2O. The van der Waals surface area contributed by atoms with Gasteiger partial charge in [-0.05, 0) is 30.9 Å². The molecule has 2 N–H and O–H groups in total. The van der Waals surface area contributed by atoms with Gasteiger partial charge < -0.3 is 10.3 Å². The Hall–Kier alpha value is -1.19. The molecule has 1 aromatic carbocycles. The Morgan fingerprint density at radius 2 is 1.81 bits per heavy atom. The van der Waals surface area contributed by atoms with Gasteiger partial charge in [0.05, 0.1) is 21.3 Å². The van der Waals surface area contributed by atoms with Crippen LogP contribution in [0.2, 0.25) is 10.0 Å². The van der Waals surface area contributed by atoms with E-state index in [2.05, 4.69) is 5.16 Å². The van der Waals surface area contributed by atoms with E-state index in [1.807, 2.05) is 6.07 Å². The number of halogens is 2. The van der Waals surface area contributed by atoms with Gasteiger partial charge in [0.2, 0.25) is 5.88 Å². The number of nitrogen functional groups attached to an aromatic ring is 1. The van der Waals surface area contributed by atoms with Crippen LogP contribution in [0.4, 0.5) is 5.88 Å². The van der Waals surface area contributed by atoms with E-state index in [-0.39, 0.29) is 5.88 Å². The lowest BCUT2D eigenvalue weighted by molar-refractivity contribution is 0.419. The molecule has 0 bridgehead atoms. The van der Waals surface area contributed by atoms with Gasteiger partial charge in [0.25, 0.3) is 0 Å². The summed E-state index contributed by atoms with van der Waals surface area (Å²) in [5.74, 6) is 1.07. The van der Waals surface area contributed by atoms with E-state index in [0.717, 1.165) is 35.6 Å². The maximum atomic E-state index is 6.28. The molecule has 1 aliphatic rings. The molecule has 1 aliphatic carbocycles. The Bertz CT molecular complexity index is 613. The van der Waals surface area contributed by atoms with Gasteiger partial charge in [0, 0.05) is 5.56 Å². The second-order valence-corrected chi connectivity index (χ2v) is 6.47. The number of anilines is 1. The zero-order valence-corrected chi connectivity index (χ0v) is 13.3. The van der Waals surface area contributed by atoms with Crippen LogP contribution < -0.4 is 5.73 Å². The Labute approximate surface area is 134 Å². The highest BCUT2D eigenvalue weighted by molar-refractivity contribution is 6.39. The molecule has 0 saturated heterocycles. The van der Waals surface area contributed by atoms with Crippen molar-refractivity contribution in [3.05, 3.63) is 33.9 Å². The molecular weight excluding hydrogens is 307 g/mol. The molecule has 3 rings (SSSR count). The summed E-state index contributed by atoms with van der Waals surface area (Å²) >= 11 is 12.6. The summed E-state index contributed by atoms with van der Waals surface area (Å²) in [6.45, 7) is 0. The number of nitrogens with zero attached hydrogens (tertiary/aromatic N) is 1. The lowest BCUT2D eigenvalue weighted by Crippen LogP contribution is -1.99. The summed E-state index contributed by atoms with van der Waals surface area (Å²) in [7, 11) is 0. The number of aromatic nitrogens is 1. The molecule has 2 aromatic rings. The van der Waals surface area contributed by atoms with E-state index in [9.17, 15) is 0 Å². The largest absolute Gasteiger partial charge is 0.367 e. The molecule has 5 heteroatoms. The average Bonchev–Trinajstić information content (AvgIpc) is 3.08. The fraction of sp³-hybridized carbons (Fsp3) is 0.438. The van der Waals surface area contributed by atoms with Gasteiger partial charge in [0.15, 0.2) is 0 Å². The van der Waals surface area contributed by atoms with Crippen LogP contribution in [0, 0.1) is 5.92 Å².